The molecule has 1 aromatic rings. The third-order valence-electron chi connectivity index (χ3n) is 5.27. The average Bonchev–Trinajstić information content (AvgIpc) is 2.82. The molecule has 0 bridgehead atoms. The van der Waals surface area contributed by atoms with Crippen molar-refractivity contribution in [3.63, 3.8) is 0 Å². The van der Waals surface area contributed by atoms with Crippen molar-refractivity contribution >= 4 is 14.2 Å². The van der Waals surface area contributed by atoms with Gasteiger partial charge in [-0.3, -0.25) is 4.52 Å². The molecule has 1 saturated heterocycles. The maximum atomic E-state index is 10.2. The minimum atomic E-state index is -1.88. The minimum Gasteiger partial charge on any atom is -0.328 e. The van der Waals surface area contributed by atoms with E-state index < -0.39 is 14.2 Å². The van der Waals surface area contributed by atoms with Crippen molar-refractivity contribution < 1.29 is 13.9 Å². The number of rotatable bonds is 1. The SMILES string of the molecule is Cc1ccccc1C1=CC2(C(C)(C)C)OP(O)OC2C(C(C)(C)C)=C1. The van der Waals surface area contributed by atoms with Gasteiger partial charge in [-0.25, -0.2) is 0 Å². The number of fused-ring (bicyclic) bond motifs is 1. The largest absolute Gasteiger partial charge is 0.331 e. The van der Waals surface area contributed by atoms with Crippen LogP contribution in [0.3, 0.4) is 0 Å². The quantitative estimate of drug-likeness (QED) is 0.645. The lowest BCUT2D eigenvalue weighted by Crippen LogP contribution is -2.52. The van der Waals surface area contributed by atoms with Crippen molar-refractivity contribution in [2.75, 3.05) is 0 Å². The van der Waals surface area contributed by atoms with Gasteiger partial charge < -0.3 is 9.42 Å². The van der Waals surface area contributed by atoms with Crippen molar-refractivity contribution in [3.05, 3.63) is 53.1 Å². The van der Waals surface area contributed by atoms with E-state index in [1.165, 1.54) is 16.7 Å². The summed E-state index contributed by atoms with van der Waals surface area (Å²) in [6.07, 6.45) is 4.14. The molecule has 0 aromatic heterocycles. The predicted octanol–water partition coefficient (Wildman–Crippen LogP) is 5.78. The van der Waals surface area contributed by atoms with Crippen LogP contribution in [0, 0.1) is 17.8 Å². The van der Waals surface area contributed by atoms with Gasteiger partial charge in [0.05, 0.1) is 0 Å². The molecule has 1 aliphatic heterocycles. The van der Waals surface area contributed by atoms with E-state index >= 15 is 0 Å². The van der Waals surface area contributed by atoms with Gasteiger partial charge in [-0.15, -0.1) is 0 Å². The third kappa shape index (κ3) is 3.13. The number of allylic oxidation sites excluding steroid dienone is 2. The first-order chi connectivity index (χ1) is 11.5. The van der Waals surface area contributed by atoms with E-state index in [2.05, 4.69) is 84.9 Å². The first kappa shape index (κ1) is 18.8. The molecule has 1 heterocycles. The first-order valence-corrected chi connectivity index (χ1v) is 9.94. The van der Waals surface area contributed by atoms with Crippen molar-refractivity contribution in [2.24, 2.45) is 10.8 Å². The molecule has 1 aromatic carbocycles. The Balaban J connectivity index is 2.26. The minimum absolute atomic E-state index is 0.0900. The molecule has 2 aliphatic rings. The van der Waals surface area contributed by atoms with Crippen molar-refractivity contribution in [3.8, 4) is 0 Å². The van der Waals surface area contributed by atoms with Gasteiger partial charge >= 0.3 is 8.60 Å². The Morgan fingerprint density at radius 1 is 1.08 bits per heavy atom. The fourth-order valence-corrected chi connectivity index (χ4v) is 4.86. The summed E-state index contributed by atoms with van der Waals surface area (Å²) in [5.74, 6) is 0. The molecule has 0 radical (unpaired) electrons. The predicted molar refractivity (Wildman–Crippen MR) is 104 cm³/mol. The Hall–Kier alpha value is -0.990. The lowest BCUT2D eigenvalue weighted by atomic mass is 9.63. The standard InChI is InChI=1S/C21H29O3P/c1-14-10-8-9-11-16(14)15-12-17(19(2,3)4)18-21(13-15,20(5,6)7)24-25(22)23-18/h8-13,18,22H,1-7H3. The van der Waals surface area contributed by atoms with Crippen LogP contribution in [0.25, 0.3) is 5.57 Å². The maximum absolute atomic E-state index is 10.2. The van der Waals surface area contributed by atoms with E-state index in [0.717, 1.165) is 5.57 Å². The average molecular weight is 360 g/mol. The second-order valence-corrected chi connectivity index (χ2v) is 9.99. The summed E-state index contributed by atoms with van der Waals surface area (Å²) in [5, 5.41) is 0. The normalized spacial score (nSPS) is 29.9. The molecule has 136 valence electrons. The van der Waals surface area contributed by atoms with E-state index in [1.54, 1.807) is 0 Å². The van der Waals surface area contributed by atoms with Gasteiger partial charge in [-0.2, -0.15) is 0 Å². The van der Waals surface area contributed by atoms with Crippen LogP contribution in [0.5, 0.6) is 0 Å². The summed E-state index contributed by atoms with van der Waals surface area (Å²) in [7, 11) is -1.88. The van der Waals surface area contributed by atoms with Gasteiger partial charge in [-0.05, 0) is 46.1 Å². The molecule has 25 heavy (non-hydrogen) atoms. The summed E-state index contributed by atoms with van der Waals surface area (Å²) >= 11 is 0. The molecule has 3 rings (SSSR count). The van der Waals surface area contributed by atoms with Crippen LogP contribution in [-0.2, 0) is 9.05 Å². The molecular weight excluding hydrogens is 331 g/mol. The van der Waals surface area contributed by atoms with E-state index in [9.17, 15) is 4.89 Å². The van der Waals surface area contributed by atoms with Crippen LogP contribution in [0.15, 0.2) is 42.0 Å². The highest BCUT2D eigenvalue weighted by atomic mass is 31.2. The monoisotopic (exact) mass is 360 g/mol. The highest BCUT2D eigenvalue weighted by Gasteiger charge is 2.60. The molecule has 1 fully saturated rings. The van der Waals surface area contributed by atoms with Crippen LogP contribution < -0.4 is 0 Å². The van der Waals surface area contributed by atoms with Gasteiger partial charge in [0, 0.05) is 0 Å². The van der Waals surface area contributed by atoms with Gasteiger partial charge in [0.15, 0.2) is 0 Å². The third-order valence-corrected chi connectivity index (χ3v) is 6.12. The van der Waals surface area contributed by atoms with Crippen molar-refractivity contribution in [2.45, 2.75) is 60.2 Å². The Morgan fingerprint density at radius 2 is 1.72 bits per heavy atom. The summed E-state index contributed by atoms with van der Waals surface area (Å²) < 4.78 is 12.0. The van der Waals surface area contributed by atoms with Crippen LogP contribution in [0.4, 0.5) is 0 Å². The first-order valence-electron chi connectivity index (χ1n) is 8.81. The van der Waals surface area contributed by atoms with Gasteiger partial charge in [0.25, 0.3) is 0 Å². The summed E-state index contributed by atoms with van der Waals surface area (Å²) in [4.78, 5) is 10.2. The van der Waals surface area contributed by atoms with Gasteiger partial charge in [-0.1, -0.05) is 71.9 Å². The number of benzene rings is 1. The van der Waals surface area contributed by atoms with Gasteiger partial charge in [0.2, 0.25) is 0 Å². The second-order valence-electron chi connectivity index (χ2n) is 9.12. The number of aryl methyl sites for hydroxylation is 1. The van der Waals surface area contributed by atoms with E-state index in [4.69, 9.17) is 9.05 Å². The van der Waals surface area contributed by atoms with Crippen LogP contribution in [0.1, 0.15) is 52.7 Å². The zero-order valence-corrected chi connectivity index (χ0v) is 17.1. The number of hydrogen-bond donors (Lipinski definition) is 1. The molecule has 3 atom stereocenters. The van der Waals surface area contributed by atoms with E-state index in [0.29, 0.717) is 0 Å². The lowest BCUT2D eigenvalue weighted by molar-refractivity contribution is -0.00677. The smallest absolute Gasteiger partial charge is 0.328 e. The summed E-state index contributed by atoms with van der Waals surface area (Å²) in [6.45, 7) is 15.1. The summed E-state index contributed by atoms with van der Waals surface area (Å²) in [6, 6.07) is 8.39. The molecule has 0 saturated carbocycles. The fourth-order valence-electron chi connectivity index (χ4n) is 3.68. The topological polar surface area (TPSA) is 38.7 Å². The zero-order valence-electron chi connectivity index (χ0n) is 16.3. The molecule has 0 amide bonds. The Labute approximate surface area is 152 Å². The molecule has 0 spiro atoms. The lowest BCUT2D eigenvalue weighted by Gasteiger charge is -2.46. The molecule has 4 heteroatoms. The molecule has 1 aliphatic carbocycles. The Kier molecular flexibility index (Phi) is 4.53. The van der Waals surface area contributed by atoms with Gasteiger partial charge in [0.1, 0.15) is 11.7 Å². The number of hydrogen-bond acceptors (Lipinski definition) is 3. The molecule has 3 unspecified atom stereocenters. The Morgan fingerprint density at radius 3 is 2.28 bits per heavy atom. The fraction of sp³-hybridized carbons (Fsp3) is 0.524. The summed E-state index contributed by atoms with van der Waals surface area (Å²) in [5.41, 5.74) is 3.74. The van der Waals surface area contributed by atoms with Crippen molar-refractivity contribution in [1.82, 2.24) is 0 Å². The highest BCUT2D eigenvalue weighted by molar-refractivity contribution is 7.41. The van der Waals surface area contributed by atoms with Crippen LogP contribution in [-0.4, -0.2) is 16.6 Å². The van der Waals surface area contributed by atoms with E-state index in [1.807, 2.05) is 0 Å². The molecule has 1 N–H and O–H groups in total. The molecular formula is C21H29O3P. The highest BCUT2D eigenvalue weighted by Crippen LogP contribution is 2.62. The Bertz CT molecular complexity index is 736. The molecule has 3 nitrogen and oxygen atoms in total. The maximum Gasteiger partial charge on any atom is 0.331 e. The zero-order chi connectivity index (χ0) is 18.6. The van der Waals surface area contributed by atoms with Crippen LogP contribution >= 0.6 is 8.60 Å². The second kappa shape index (κ2) is 6.03. The van der Waals surface area contributed by atoms with Crippen molar-refractivity contribution in [1.29, 1.82) is 0 Å². The van der Waals surface area contributed by atoms with Crippen LogP contribution in [0.2, 0.25) is 0 Å². The van der Waals surface area contributed by atoms with E-state index in [-0.39, 0.29) is 16.9 Å².